The van der Waals surface area contributed by atoms with Gasteiger partial charge in [0, 0.05) is 17.8 Å². The summed E-state index contributed by atoms with van der Waals surface area (Å²) in [7, 11) is -3.06. The largest absolute Gasteiger partial charge is 0.479 e. The number of thiophene rings is 1. The summed E-state index contributed by atoms with van der Waals surface area (Å²) in [5, 5.41) is 14.2. The fourth-order valence-corrected chi connectivity index (χ4v) is 4.80. The van der Waals surface area contributed by atoms with Gasteiger partial charge in [0.2, 0.25) is 6.04 Å². The third-order valence-corrected chi connectivity index (χ3v) is 6.65. The number of hydrogen-bond donors (Lipinski definition) is 3. The van der Waals surface area contributed by atoms with Gasteiger partial charge in [-0.25, -0.2) is 27.7 Å². The van der Waals surface area contributed by atoms with E-state index in [2.05, 4.69) is 10.3 Å². The molecule has 1 unspecified atom stereocenters. The molecular weight excluding hydrogens is 472 g/mol. The highest BCUT2D eigenvalue weighted by atomic mass is 35.5. The van der Waals surface area contributed by atoms with Crippen molar-refractivity contribution in [2.45, 2.75) is 10.9 Å². The summed E-state index contributed by atoms with van der Waals surface area (Å²) in [5.41, 5.74) is 0.179. The van der Waals surface area contributed by atoms with Gasteiger partial charge in [-0.3, -0.25) is 14.5 Å². The number of aliphatic imine (C=N–C) groups is 1. The third-order valence-electron chi connectivity index (χ3n) is 4.07. The summed E-state index contributed by atoms with van der Waals surface area (Å²) in [6, 6.07) is 2.48. The molecule has 0 saturated heterocycles. The fraction of sp³-hybridized carbons (Fsp3) is 0.118. The van der Waals surface area contributed by atoms with E-state index in [4.69, 9.17) is 16.7 Å². The first-order valence-corrected chi connectivity index (χ1v) is 11.1. The van der Waals surface area contributed by atoms with Crippen LogP contribution in [0.25, 0.3) is 0 Å². The summed E-state index contributed by atoms with van der Waals surface area (Å²) < 4.78 is 26.6. The van der Waals surface area contributed by atoms with Gasteiger partial charge in [-0.15, -0.1) is 11.3 Å². The van der Waals surface area contributed by atoms with Crippen molar-refractivity contribution in [2.24, 2.45) is 4.99 Å². The molecule has 1 aliphatic heterocycles. The van der Waals surface area contributed by atoms with Crippen molar-refractivity contribution in [1.82, 2.24) is 9.62 Å². The molecule has 3 rings (SSSR count). The lowest BCUT2D eigenvalue weighted by Gasteiger charge is -2.25. The van der Waals surface area contributed by atoms with E-state index in [1.165, 1.54) is 42.1 Å². The number of sulfonamides is 1. The average Bonchev–Trinajstić information content (AvgIpc) is 3.13. The number of nitrogens with zero attached hydrogens (tertiary/aromatic N) is 2. The SMILES string of the molecule is CN1C(=O)C(=O)C(C(=O)O)N=C1c1cscc1NC(=O)NS(=O)(=O)c1ccccc1Cl. The van der Waals surface area contributed by atoms with Gasteiger partial charge in [0.15, 0.2) is 0 Å². The maximum absolute atomic E-state index is 12.4. The number of carboxylic acids is 1. The second-order valence-electron chi connectivity index (χ2n) is 6.11. The molecule has 3 amide bonds. The number of likely N-dealkylation sites (N-methyl/N-ethyl adjacent to an activating group) is 1. The second kappa shape index (κ2) is 8.45. The number of rotatable bonds is 5. The van der Waals surface area contributed by atoms with Crippen LogP contribution < -0.4 is 10.0 Å². The van der Waals surface area contributed by atoms with E-state index < -0.39 is 39.8 Å². The van der Waals surface area contributed by atoms with Crippen molar-refractivity contribution in [1.29, 1.82) is 0 Å². The van der Waals surface area contributed by atoms with Gasteiger partial charge in [-0.2, -0.15) is 0 Å². The summed E-state index contributed by atoms with van der Waals surface area (Å²) in [6.07, 6.45) is 0. The highest BCUT2D eigenvalue weighted by Gasteiger charge is 2.40. The lowest BCUT2D eigenvalue weighted by Crippen LogP contribution is -2.50. The van der Waals surface area contributed by atoms with Gasteiger partial charge in [-0.05, 0) is 12.1 Å². The molecule has 31 heavy (non-hydrogen) atoms. The van der Waals surface area contributed by atoms with Crippen LogP contribution in [0.3, 0.4) is 0 Å². The Morgan fingerprint density at radius 1 is 1.23 bits per heavy atom. The smallest absolute Gasteiger partial charge is 0.336 e. The van der Waals surface area contributed by atoms with Gasteiger partial charge in [0.05, 0.1) is 16.3 Å². The molecule has 11 nitrogen and oxygen atoms in total. The van der Waals surface area contributed by atoms with Crippen molar-refractivity contribution in [3.63, 3.8) is 0 Å². The quantitative estimate of drug-likeness (QED) is 0.423. The molecule has 1 aromatic heterocycles. The van der Waals surface area contributed by atoms with E-state index in [1.807, 2.05) is 4.72 Å². The second-order valence-corrected chi connectivity index (χ2v) is 8.91. The molecular formula is C17H13ClN4O7S2. The normalized spacial score (nSPS) is 16.6. The zero-order valence-corrected chi connectivity index (χ0v) is 17.9. The summed E-state index contributed by atoms with van der Waals surface area (Å²) >= 11 is 6.93. The van der Waals surface area contributed by atoms with Crippen LogP contribution in [-0.2, 0) is 24.4 Å². The van der Waals surface area contributed by atoms with Crippen LogP contribution in [0.5, 0.6) is 0 Å². The fourth-order valence-electron chi connectivity index (χ4n) is 2.62. The number of carbonyl (C=O) groups excluding carboxylic acids is 3. The highest BCUT2D eigenvalue weighted by molar-refractivity contribution is 7.90. The van der Waals surface area contributed by atoms with Crippen LogP contribution in [0.1, 0.15) is 5.56 Å². The van der Waals surface area contributed by atoms with Gasteiger partial charge in [0.1, 0.15) is 10.7 Å². The molecule has 0 fully saturated rings. The topological polar surface area (TPSA) is 162 Å². The first kappa shape index (κ1) is 22.4. The van der Waals surface area contributed by atoms with Gasteiger partial charge >= 0.3 is 12.0 Å². The number of halogens is 1. The Morgan fingerprint density at radius 2 is 1.90 bits per heavy atom. The van der Waals surface area contributed by atoms with E-state index in [0.29, 0.717) is 0 Å². The van der Waals surface area contributed by atoms with E-state index in [9.17, 15) is 27.6 Å². The van der Waals surface area contributed by atoms with E-state index >= 15 is 0 Å². The zero-order chi connectivity index (χ0) is 22.9. The zero-order valence-electron chi connectivity index (χ0n) is 15.5. The maximum Gasteiger partial charge on any atom is 0.336 e. The predicted octanol–water partition coefficient (Wildman–Crippen LogP) is 1.15. The number of carbonyl (C=O) groups is 4. The first-order valence-electron chi connectivity index (χ1n) is 8.30. The lowest BCUT2D eigenvalue weighted by atomic mass is 10.1. The summed E-state index contributed by atoms with van der Waals surface area (Å²) in [5.74, 6) is -4.05. The van der Waals surface area contributed by atoms with Crippen molar-refractivity contribution < 1.29 is 32.7 Å². The lowest BCUT2D eigenvalue weighted by molar-refractivity contribution is -0.149. The summed E-state index contributed by atoms with van der Waals surface area (Å²) in [6.45, 7) is 0. The molecule has 162 valence electrons. The Kier molecular flexibility index (Phi) is 6.10. The Hall–Kier alpha value is -3.29. The number of urea groups is 1. The van der Waals surface area contributed by atoms with Gasteiger partial charge in [0.25, 0.3) is 21.7 Å². The highest BCUT2D eigenvalue weighted by Crippen LogP contribution is 2.26. The monoisotopic (exact) mass is 484 g/mol. The number of anilines is 1. The maximum atomic E-state index is 12.4. The molecule has 3 N–H and O–H groups in total. The number of aliphatic carboxylic acids is 1. The minimum absolute atomic E-state index is 0.0498. The number of amides is 3. The minimum Gasteiger partial charge on any atom is -0.479 e. The molecule has 0 radical (unpaired) electrons. The molecule has 0 bridgehead atoms. The number of nitrogens with one attached hydrogen (secondary N) is 2. The number of benzene rings is 1. The Morgan fingerprint density at radius 3 is 2.55 bits per heavy atom. The van der Waals surface area contributed by atoms with Crippen molar-refractivity contribution in [2.75, 3.05) is 12.4 Å². The number of ketones is 1. The molecule has 0 aliphatic carbocycles. The molecule has 2 heterocycles. The number of carboxylic acid groups (broad SMARTS) is 1. The van der Waals surface area contributed by atoms with Crippen LogP contribution >= 0.6 is 22.9 Å². The number of amidine groups is 1. The van der Waals surface area contributed by atoms with Gasteiger partial charge in [-0.1, -0.05) is 23.7 Å². The Bertz CT molecular complexity index is 1240. The average molecular weight is 485 g/mol. The van der Waals surface area contributed by atoms with Gasteiger partial charge < -0.3 is 10.4 Å². The molecule has 1 atom stereocenters. The molecule has 14 heteroatoms. The number of Topliss-reactive ketones (excluding diaryl/α,β-unsaturated/α-hetero) is 1. The minimum atomic E-state index is -4.29. The van der Waals surface area contributed by atoms with E-state index in [-0.39, 0.29) is 27.0 Å². The van der Waals surface area contributed by atoms with Crippen molar-refractivity contribution >= 4 is 68.2 Å². The molecule has 1 aromatic carbocycles. The molecule has 2 aromatic rings. The van der Waals surface area contributed by atoms with Crippen LogP contribution in [-0.4, -0.2) is 61.0 Å². The molecule has 1 aliphatic rings. The van der Waals surface area contributed by atoms with Crippen molar-refractivity contribution in [3.8, 4) is 0 Å². The number of hydrogen-bond acceptors (Lipinski definition) is 8. The third kappa shape index (κ3) is 4.42. The Balaban J connectivity index is 1.87. The van der Waals surface area contributed by atoms with Crippen LogP contribution in [0.15, 0.2) is 44.9 Å². The Labute approximate surface area is 184 Å². The van der Waals surface area contributed by atoms with Crippen LogP contribution in [0.4, 0.5) is 10.5 Å². The van der Waals surface area contributed by atoms with E-state index in [0.717, 1.165) is 16.2 Å². The predicted molar refractivity (Wildman–Crippen MR) is 111 cm³/mol. The van der Waals surface area contributed by atoms with Crippen LogP contribution in [0.2, 0.25) is 5.02 Å². The van der Waals surface area contributed by atoms with E-state index in [1.54, 1.807) is 0 Å². The molecule has 0 spiro atoms. The molecule has 0 saturated carbocycles. The first-order chi connectivity index (χ1) is 14.5. The standard InChI is InChI=1S/C17H13ClN4O7S2/c1-22-14(20-12(16(25)26)13(23)15(22)24)8-6-30-7-10(8)19-17(27)21-31(28,29)11-5-3-2-4-9(11)18/h2-7,12H,1H3,(H,25,26)(H2,19,21,27). The van der Waals surface area contributed by atoms with Crippen molar-refractivity contribution in [3.05, 3.63) is 45.6 Å². The summed E-state index contributed by atoms with van der Waals surface area (Å²) in [4.78, 5) is 51.9. The van der Waals surface area contributed by atoms with Crippen LogP contribution in [0, 0.1) is 0 Å².